The van der Waals surface area contributed by atoms with Crippen molar-refractivity contribution in [2.75, 3.05) is 10.6 Å². The zero-order valence-electron chi connectivity index (χ0n) is 49.2. The van der Waals surface area contributed by atoms with Crippen LogP contribution in [-0.4, -0.2) is 37.8 Å². The topological polar surface area (TPSA) is 180 Å². The van der Waals surface area contributed by atoms with Crippen molar-refractivity contribution < 1.29 is 44.7 Å². The summed E-state index contributed by atoms with van der Waals surface area (Å²) in [6, 6.07) is 77.1. The second-order valence-electron chi connectivity index (χ2n) is 21.1. The number of aryl methyl sites for hydroxylation is 4. The van der Waals surface area contributed by atoms with Gasteiger partial charge in [0, 0.05) is 59.6 Å². The molecule has 0 spiro atoms. The zero-order valence-corrected chi connectivity index (χ0v) is 50.8. The van der Waals surface area contributed by atoms with E-state index in [9.17, 15) is 35.5 Å². The van der Waals surface area contributed by atoms with Crippen molar-refractivity contribution in [1.82, 2.24) is 0 Å². The Morgan fingerprint density at radius 3 is 0.727 bits per heavy atom. The van der Waals surface area contributed by atoms with Crippen LogP contribution >= 0.6 is 0 Å². The molecule has 11 rings (SSSR count). The van der Waals surface area contributed by atoms with Crippen LogP contribution < -0.4 is 19.8 Å². The van der Waals surface area contributed by atoms with Crippen molar-refractivity contribution in [3.8, 4) is 66.8 Å². The van der Waals surface area contributed by atoms with E-state index in [0.717, 1.165) is 70.4 Å². The van der Waals surface area contributed by atoms with Gasteiger partial charge in [-0.3, -0.25) is 9.59 Å². The second-order valence-corrected chi connectivity index (χ2v) is 23.9. The summed E-state index contributed by atoms with van der Waals surface area (Å²) < 4.78 is 66.8. The molecule has 0 aliphatic rings. The quantitative estimate of drug-likeness (QED) is 0.0708. The van der Waals surface area contributed by atoms with Crippen LogP contribution in [0.4, 0.5) is 11.4 Å². The average Bonchev–Trinajstić information content (AvgIpc) is 3.70. The third kappa shape index (κ3) is 17.1. The molecular formula is C74H66N4O8S2. The number of anilines is 2. The molecule has 2 heterocycles. The summed E-state index contributed by atoms with van der Waals surface area (Å²) in [5.41, 5.74) is 17.9. The first-order chi connectivity index (χ1) is 42.4. The van der Waals surface area contributed by atoms with Gasteiger partial charge >= 0.3 is 0 Å². The number of hydrogen-bond donors (Lipinski definition) is 2. The normalized spacial score (nSPS) is 11.1. The number of pyridine rings is 2. The number of rotatable bonds is 16. The molecule has 2 N–H and O–H groups in total. The van der Waals surface area contributed by atoms with Gasteiger partial charge in [0.25, 0.3) is 11.8 Å². The number of carbonyl (C=O) groups excluding carboxylic acids is 2. The van der Waals surface area contributed by atoms with Gasteiger partial charge in [-0.2, -0.15) is 0 Å². The molecule has 2 aromatic heterocycles. The largest absolute Gasteiger partial charge is 0.744 e. The number of benzene rings is 9. The molecule has 0 aliphatic carbocycles. The number of nitrogens with one attached hydrogen (secondary N) is 2. The van der Waals surface area contributed by atoms with E-state index in [1.165, 1.54) is 57.6 Å². The Balaban J connectivity index is 0.000000350. The molecule has 88 heavy (non-hydrogen) atoms. The first-order valence-electron chi connectivity index (χ1n) is 28.8. The third-order valence-corrected chi connectivity index (χ3v) is 16.3. The Bertz CT molecular complexity index is 4050. The predicted octanol–water partition coefficient (Wildman–Crippen LogP) is 15.4. The molecular weight excluding hydrogens is 1140 g/mol. The Morgan fingerprint density at radius 1 is 0.318 bits per heavy atom. The highest BCUT2D eigenvalue weighted by Crippen LogP contribution is 2.31. The minimum Gasteiger partial charge on any atom is -0.744 e. The van der Waals surface area contributed by atoms with Gasteiger partial charge in [0.2, 0.25) is 0 Å². The Morgan fingerprint density at radius 2 is 0.523 bits per heavy atom. The Hall–Kier alpha value is -9.96. The van der Waals surface area contributed by atoms with Gasteiger partial charge in [0.1, 0.15) is 33.3 Å². The Labute approximate surface area is 515 Å². The molecule has 0 saturated heterocycles. The van der Waals surface area contributed by atoms with Crippen molar-refractivity contribution in [2.24, 2.45) is 0 Å². The highest BCUT2D eigenvalue weighted by molar-refractivity contribution is 7.86. The Kier molecular flexibility index (Phi) is 20.6. The van der Waals surface area contributed by atoms with Gasteiger partial charge in [-0.05, 0) is 153 Å². The molecule has 0 bridgehead atoms. The van der Waals surface area contributed by atoms with E-state index in [-0.39, 0.29) is 21.6 Å². The van der Waals surface area contributed by atoms with Crippen LogP contribution in [0.2, 0.25) is 0 Å². The molecule has 0 aliphatic heterocycles. The molecule has 0 fully saturated rings. The summed E-state index contributed by atoms with van der Waals surface area (Å²) in [5.74, 6) is -0.496. The molecule has 12 nitrogen and oxygen atoms in total. The minimum absolute atomic E-state index is 0.178. The highest BCUT2D eigenvalue weighted by atomic mass is 32.2. The first kappa shape index (κ1) is 62.6. The summed E-state index contributed by atoms with van der Waals surface area (Å²) in [5, 5.41) is 5.96. The molecule has 0 saturated carbocycles. The zero-order chi connectivity index (χ0) is 62.2. The van der Waals surface area contributed by atoms with Gasteiger partial charge in [-0.25, -0.2) is 26.0 Å². The maximum atomic E-state index is 13.2. The van der Waals surface area contributed by atoms with E-state index < -0.39 is 20.2 Å². The number of amides is 2. The van der Waals surface area contributed by atoms with E-state index >= 15 is 0 Å². The van der Waals surface area contributed by atoms with Gasteiger partial charge in [-0.15, -0.1) is 0 Å². The number of nitrogens with zero attached hydrogens (tertiary/aromatic N) is 2. The van der Waals surface area contributed by atoms with E-state index in [2.05, 4.69) is 180 Å². The SMILES string of the molecule is CCC[n+]1ccc(-c2ccc(-c3ccc(-c4ccc(NC(=O)c5ccc(C(=O)Nc6ccc(-c7ccc(-c8ccc(-c9cc[n+](CCC)cc9)cc8)cc7)cc6)cc5)cc4)cc3)cc2)cc1.Cc1ccc(S(=O)(=O)[O-])cc1.Cc1ccc(S(=O)(=O)[O-])cc1. The van der Waals surface area contributed by atoms with Crippen LogP contribution in [0.1, 0.15) is 58.5 Å². The van der Waals surface area contributed by atoms with Gasteiger partial charge < -0.3 is 19.7 Å². The van der Waals surface area contributed by atoms with E-state index in [1.807, 2.05) is 62.4 Å². The van der Waals surface area contributed by atoms with Gasteiger partial charge in [-0.1, -0.05) is 171 Å². The van der Waals surface area contributed by atoms with Gasteiger partial charge in [0.15, 0.2) is 24.8 Å². The predicted molar refractivity (Wildman–Crippen MR) is 347 cm³/mol. The standard InChI is InChI=1S/C60H50N4O2.2C7H8O3S/c1-3-37-63-39-33-53(34-40-63)49-17-13-45(14-18-49)43-5-9-47(10-6-43)51-25-29-57(30-26-51)61-59(65)55-21-23-56(24-22-55)60(66)62-58-31-27-52(28-32-58)48-11-7-44(8-12-48)46-15-19-50(20-16-46)54-35-41-64(38-4-2)42-36-54;2*1-6-2-4-7(5-3-6)11(8,9)10/h5-36,39-42H,3-4,37-38H2,1-2H3;2*2-5H,1H3,(H,8,9,10). The molecule has 2 amide bonds. The lowest BCUT2D eigenvalue weighted by atomic mass is 9.98. The monoisotopic (exact) mass is 1200 g/mol. The summed E-state index contributed by atoms with van der Waals surface area (Å²) in [6.07, 6.45) is 10.8. The second kappa shape index (κ2) is 29.0. The van der Waals surface area contributed by atoms with E-state index in [0.29, 0.717) is 22.5 Å². The summed E-state index contributed by atoms with van der Waals surface area (Å²) in [4.78, 5) is 26.0. The molecule has 0 atom stereocenters. The fourth-order valence-corrected chi connectivity index (χ4v) is 10.6. The molecule has 0 radical (unpaired) electrons. The highest BCUT2D eigenvalue weighted by Gasteiger charge is 2.13. The summed E-state index contributed by atoms with van der Waals surface area (Å²) in [6.45, 7) is 10.1. The van der Waals surface area contributed by atoms with Crippen molar-refractivity contribution in [3.63, 3.8) is 0 Å². The third-order valence-electron chi connectivity index (χ3n) is 14.6. The number of aromatic nitrogens is 2. The molecule has 442 valence electrons. The first-order valence-corrected chi connectivity index (χ1v) is 31.6. The fraction of sp³-hybridized carbons (Fsp3) is 0.108. The maximum Gasteiger partial charge on any atom is 0.255 e. The lowest BCUT2D eigenvalue weighted by Gasteiger charge is -2.10. The van der Waals surface area contributed by atoms with Crippen LogP contribution in [0.25, 0.3) is 66.8 Å². The smallest absolute Gasteiger partial charge is 0.255 e. The van der Waals surface area contributed by atoms with E-state index in [4.69, 9.17) is 0 Å². The maximum absolute atomic E-state index is 13.2. The average molecular weight is 1200 g/mol. The number of carbonyl (C=O) groups is 2. The minimum atomic E-state index is -4.27. The van der Waals surface area contributed by atoms with Crippen molar-refractivity contribution >= 4 is 43.4 Å². The van der Waals surface area contributed by atoms with E-state index in [1.54, 1.807) is 48.5 Å². The van der Waals surface area contributed by atoms with Gasteiger partial charge in [0.05, 0.1) is 9.79 Å². The lowest BCUT2D eigenvalue weighted by Crippen LogP contribution is -2.31. The lowest BCUT2D eigenvalue weighted by molar-refractivity contribution is -0.697. The van der Waals surface area contributed by atoms with Crippen LogP contribution in [0, 0.1) is 13.8 Å². The van der Waals surface area contributed by atoms with Crippen molar-refractivity contribution in [3.05, 3.63) is 290 Å². The van der Waals surface area contributed by atoms with Crippen LogP contribution in [-0.2, 0) is 33.3 Å². The molecule has 14 heteroatoms. The van der Waals surface area contributed by atoms with Crippen LogP contribution in [0.5, 0.6) is 0 Å². The fourth-order valence-electron chi connectivity index (χ4n) is 9.62. The van der Waals surface area contributed by atoms with Crippen LogP contribution in [0.15, 0.2) is 277 Å². The number of hydrogen-bond acceptors (Lipinski definition) is 8. The molecule has 9 aromatic carbocycles. The van der Waals surface area contributed by atoms with Crippen molar-refractivity contribution in [1.29, 1.82) is 0 Å². The van der Waals surface area contributed by atoms with Crippen molar-refractivity contribution in [2.45, 2.75) is 63.4 Å². The summed E-state index contributed by atoms with van der Waals surface area (Å²) in [7, 11) is -8.54. The molecule has 11 aromatic rings. The summed E-state index contributed by atoms with van der Waals surface area (Å²) >= 11 is 0. The van der Waals surface area contributed by atoms with Crippen LogP contribution in [0.3, 0.4) is 0 Å². The molecule has 0 unspecified atom stereocenters.